The van der Waals surface area contributed by atoms with Gasteiger partial charge in [-0.2, -0.15) is 0 Å². The van der Waals surface area contributed by atoms with E-state index in [-0.39, 0.29) is 5.82 Å². The van der Waals surface area contributed by atoms with Crippen molar-refractivity contribution in [3.8, 4) is 0 Å². The molecule has 1 aromatic carbocycles. The summed E-state index contributed by atoms with van der Waals surface area (Å²) in [7, 11) is 0. The van der Waals surface area contributed by atoms with Crippen molar-refractivity contribution in [3.63, 3.8) is 0 Å². The largest absolute Gasteiger partial charge is 0.314 e. The molecule has 0 amide bonds. The lowest BCUT2D eigenvalue weighted by Crippen LogP contribution is -2.34. The standard InChI is InChI=1S/C15H21ClFN/c1-2-18-15-7-5-3-4-6-12(15)13-10-11(17)8-9-14(13)16/h8-10,12,15,18H,2-7H2,1H3. The Balaban J connectivity index is 2.28. The zero-order valence-corrected chi connectivity index (χ0v) is 11.6. The second-order valence-electron chi connectivity index (χ2n) is 5.07. The fraction of sp³-hybridized carbons (Fsp3) is 0.600. The molecule has 1 N–H and O–H groups in total. The van der Waals surface area contributed by atoms with E-state index in [1.165, 1.54) is 25.3 Å². The Morgan fingerprint density at radius 1 is 1.28 bits per heavy atom. The number of nitrogens with one attached hydrogen (secondary N) is 1. The minimum atomic E-state index is -0.186. The lowest BCUT2D eigenvalue weighted by Gasteiger charge is -2.27. The van der Waals surface area contributed by atoms with Crippen molar-refractivity contribution in [3.05, 3.63) is 34.6 Å². The van der Waals surface area contributed by atoms with Crippen molar-refractivity contribution in [1.82, 2.24) is 5.32 Å². The molecular formula is C15H21ClFN. The van der Waals surface area contributed by atoms with E-state index in [0.717, 1.165) is 24.9 Å². The molecule has 100 valence electrons. The van der Waals surface area contributed by atoms with Crippen LogP contribution in [0.2, 0.25) is 5.02 Å². The highest BCUT2D eigenvalue weighted by Crippen LogP contribution is 2.36. The summed E-state index contributed by atoms with van der Waals surface area (Å²) in [4.78, 5) is 0. The maximum Gasteiger partial charge on any atom is 0.123 e. The first kappa shape index (κ1) is 13.8. The highest BCUT2D eigenvalue weighted by atomic mass is 35.5. The molecule has 1 saturated carbocycles. The topological polar surface area (TPSA) is 12.0 Å². The van der Waals surface area contributed by atoms with E-state index in [2.05, 4.69) is 12.2 Å². The molecule has 3 heteroatoms. The minimum Gasteiger partial charge on any atom is -0.314 e. The Bertz CT molecular complexity index is 394. The van der Waals surface area contributed by atoms with Crippen molar-refractivity contribution < 1.29 is 4.39 Å². The van der Waals surface area contributed by atoms with Gasteiger partial charge in [0.1, 0.15) is 5.82 Å². The van der Waals surface area contributed by atoms with Crippen molar-refractivity contribution >= 4 is 11.6 Å². The van der Waals surface area contributed by atoms with E-state index in [0.29, 0.717) is 17.0 Å². The molecule has 0 spiro atoms. The third-order valence-electron chi connectivity index (χ3n) is 3.84. The van der Waals surface area contributed by atoms with Crippen molar-refractivity contribution in [1.29, 1.82) is 0 Å². The van der Waals surface area contributed by atoms with Gasteiger partial charge in [-0.05, 0) is 43.1 Å². The Labute approximate surface area is 114 Å². The molecule has 0 heterocycles. The first-order valence-electron chi connectivity index (χ1n) is 6.90. The second kappa shape index (κ2) is 6.53. The van der Waals surface area contributed by atoms with E-state index < -0.39 is 0 Å². The monoisotopic (exact) mass is 269 g/mol. The van der Waals surface area contributed by atoms with Crippen LogP contribution in [-0.2, 0) is 0 Å². The van der Waals surface area contributed by atoms with Crippen LogP contribution < -0.4 is 5.32 Å². The molecule has 2 rings (SSSR count). The Kier molecular flexibility index (Phi) is 5.02. The van der Waals surface area contributed by atoms with Crippen LogP contribution in [0.25, 0.3) is 0 Å². The predicted molar refractivity (Wildman–Crippen MR) is 74.7 cm³/mol. The smallest absolute Gasteiger partial charge is 0.123 e. The number of halogens is 2. The zero-order chi connectivity index (χ0) is 13.0. The number of benzene rings is 1. The molecule has 2 atom stereocenters. The van der Waals surface area contributed by atoms with Crippen molar-refractivity contribution in [2.24, 2.45) is 0 Å². The van der Waals surface area contributed by atoms with Gasteiger partial charge in [-0.1, -0.05) is 37.8 Å². The molecule has 0 bridgehead atoms. The average molecular weight is 270 g/mol. The van der Waals surface area contributed by atoms with Crippen LogP contribution in [0.5, 0.6) is 0 Å². The van der Waals surface area contributed by atoms with Gasteiger partial charge in [-0.15, -0.1) is 0 Å². The average Bonchev–Trinajstić information content (AvgIpc) is 2.58. The molecular weight excluding hydrogens is 249 g/mol. The molecule has 1 aliphatic rings. The lowest BCUT2D eigenvalue weighted by atomic mass is 9.87. The van der Waals surface area contributed by atoms with Gasteiger partial charge >= 0.3 is 0 Å². The summed E-state index contributed by atoms with van der Waals surface area (Å²) in [6, 6.07) is 5.16. The number of likely N-dealkylation sites (N-methyl/N-ethyl adjacent to an activating group) is 1. The third kappa shape index (κ3) is 3.24. The molecule has 1 nitrogen and oxygen atoms in total. The highest BCUT2D eigenvalue weighted by molar-refractivity contribution is 6.31. The molecule has 0 aliphatic heterocycles. The fourth-order valence-corrected chi connectivity index (χ4v) is 3.24. The second-order valence-corrected chi connectivity index (χ2v) is 5.48. The van der Waals surface area contributed by atoms with Crippen LogP contribution in [0.1, 0.15) is 50.5 Å². The fourth-order valence-electron chi connectivity index (χ4n) is 2.99. The van der Waals surface area contributed by atoms with Crippen LogP contribution in [0.4, 0.5) is 4.39 Å². The van der Waals surface area contributed by atoms with Gasteiger partial charge < -0.3 is 5.32 Å². The molecule has 0 aromatic heterocycles. The molecule has 2 unspecified atom stereocenters. The SMILES string of the molecule is CCNC1CCCCCC1c1cc(F)ccc1Cl. The number of hydrogen-bond donors (Lipinski definition) is 1. The van der Waals surface area contributed by atoms with E-state index in [1.54, 1.807) is 12.1 Å². The van der Waals surface area contributed by atoms with Crippen molar-refractivity contribution in [2.45, 2.75) is 51.0 Å². The number of hydrogen-bond acceptors (Lipinski definition) is 1. The van der Waals surface area contributed by atoms with Gasteiger partial charge in [0, 0.05) is 17.0 Å². The quantitative estimate of drug-likeness (QED) is 0.797. The predicted octanol–water partition coefficient (Wildman–Crippen LogP) is 4.50. The molecule has 18 heavy (non-hydrogen) atoms. The summed E-state index contributed by atoms with van der Waals surface area (Å²) < 4.78 is 13.4. The summed E-state index contributed by atoms with van der Waals surface area (Å²) in [6.45, 7) is 3.07. The minimum absolute atomic E-state index is 0.186. The van der Waals surface area contributed by atoms with Gasteiger partial charge in [0.2, 0.25) is 0 Å². The molecule has 1 aliphatic carbocycles. The van der Waals surface area contributed by atoms with Crippen molar-refractivity contribution in [2.75, 3.05) is 6.54 Å². The summed E-state index contributed by atoms with van der Waals surface area (Å²) in [5.41, 5.74) is 0.976. The van der Waals surface area contributed by atoms with E-state index in [9.17, 15) is 4.39 Å². The summed E-state index contributed by atoms with van der Waals surface area (Å²) in [5.74, 6) is 0.157. The normalized spacial score (nSPS) is 24.8. The first-order chi connectivity index (χ1) is 8.72. The lowest BCUT2D eigenvalue weighted by molar-refractivity contribution is 0.418. The van der Waals surface area contributed by atoms with Crippen LogP contribution in [0, 0.1) is 5.82 Å². The maximum atomic E-state index is 13.4. The Morgan fingerprint density at radius 2 is 2.06 bits per heavy atom. The highest BCUT2D eigenvalue weighted by Gasteiger charge is 2.26. The number of rotatable bonds is 3. The van der Waals surface area contributed by atoms with E-state index >= 15 is 0 Å². The third-order valence-corrected chi connectivity index (χ3v) is 4.18. The van der Waals surface area contributed by atoms with Crippen LogP contribution >= 0.6 is 11.6 Å². The summed E-state index contributed by atoms with van der Waals surface area (Å²) in [6.07, 6.45) is 5.98. The van der Waals surface area contributed by atoms with E-state index in [4.69, 9.17) is 11.6 Å². The molecule has 1 aromatic rings. The zero-order valence-electron chi connectivity index (χ0n) is 10.9. The van der Waals surface area contributed by atoms with Gasteiger partial charge in [-0.25, -0.2) is 4.39 Å². The molecule has 0 saturated heterocycles. The van der Waals surface area contributed by atoms with Gasteiger partial charge in [0.15, 0.2) is 0 Å². The molecule has 1 fully saturated rings. The van der Waals surface area contributed by atoms with Gasteiger partial charge in [-0.3, -0.25) is 0 Å². The first-order valence-corrected chi connectivity index (χ1v) is 7.28. The maximum absolute atomic E-state index is 13.4. The summed E-state index contributed by atoms with van der Waals surface area (Å²) >= 11 is 6.25. The van der Waals surface area contributed by atoms with Crippen LogP contribution in [0.15, 0.2) is 18.2 Å². The van der Waals surface area contributed by atoms with Gasteiger partial charge in [0.25, 0.3) is 0 Å². The van der Waals surface area contributed by atoms with Gasteiger partial charge in [0.05, 0.1) is 0 Å². The Morgan fingerprint density at radius 3 is 2.83 bits per heavy atom. The Hall–Kier alpha value is -0.600. The molecule has 0 radical (unpaired) electrons. The van der Waals surface area contributed by atoms with E-state index in [1.807, 2.05) is 0 Å². The summed E-state index contributed by atoms with van der Waals surface area (Å²) in [5, 5.41) is 4.24. The van der Waals surface area contributed by atoms with Crippen LogP contribution in [-0.4, -0.2) is 12.6 Å². The van der Waals surface area contributed by atoms with Crippen LogP contribution in [0.3, 0.4) is 0 Å².